The van der Waals surface area contributed by atoms with Gasteiger partial charge >= 0.3 is 0 Å². The monoisotopic (exact) mass is 599 g/mol. The van der Waals surface area contributed by atoms with E-state index in [9.17, 15) is 10.2 Å². The molecule has 0 aliphatic heterocycles. The topological polar surface area (TPSA) is 52.8 Å². The maximum absolute atomic E-state index is 9.98. The number of aliphatic hydroxyl groups is 1. The lowest BCUT2D eigenvalue weighted by atomic mass is 10.1. The van der Waals surface area contributed by atoms with Crippen molar-refractivity contribution in [1.29, 1.82) is 0 Å². The van der Waals surface area contributed by atoms with Gasteiger partial charge in [0.15, 0.2) is 0 Å². The fourth-order valence-corrected chi connectivity index (χ4v) is 4.51. The quantitative estimate of drug-likeness (QED) is 0.296. The number of nitrogens with zero attached hydrogens (tertiary/aromatic N) is 1. The number of alkyl halides is 1. The van der Waals surface area contributed by atoms with E-state index >= 15 is 0 Å². The van der Waals surface area contributed by atoms with E-state index in [1.54, 1.807) is 6.21 Å². The van der Waals surface area contributed by atoms with Gasteiger partial charge in [-0.1, -0.05) is 35.9 Å². The highest BCUT2D eigenvalue weighted by atomic mass is 127. The summed E-state index contributed by atoms with van der Waals surface area (Å²) in [6.07, 6.45) is 3.77. The zero-order valence-corrected chi connectivity index (χ0v) is 17.0. The van der Waals surface area contributed by atoms with E-state index in [4.69, 9.17) is 0 Å². The highest BCUT2D eigenvalue weighted by molar-refractivity contribution is 14.1. The van der Waals surface area contributed by atoms with Crippen molar-refractivity contribution in [3.05, 3.63) is 24.8 Å². The van der Waals surface area contributed by atoms with Crippen molar-refractivity contribution in [2.45, 2.75) is 29.7 Å². The molecule has 0 saturated carbocycles. The van der Waals surface area contributed by atoms with Gasteiger partial charge in [-0.2, -0.15) is 0 Å². The van der Waals surface area contributed by atoms with Gasteiger partial charge in [-0.05, 0) is 63.7 Å². The van der Waals surface area contributed by atoms with Gasteiger partial charge in [0.05, 0.1) is 16.2 Å². The fraction of sp³-hybridized carbons (Fsp3) is 0.462. The minimum atomic E-state index is -0.115. The van der Waals surface area contributed by atoms with Gasteiger partial charge in [-0.25, -0.2) is 0 Å². The molecule has 1 aromatic rings. The summed E-state index contributed by atoms with van der Waals surface area (Å²) >= 11 is 6.64. The van der Waals surface area contributed by atoms with Crippen molar-refractivity contribution in [3.63, 3.8) is 0 Å². The van der Waals surface area contributed by atoms with E-state index < -0.39 is 0 Å². The molecule has 6 heteroatoms. The van der Waals surface area contributed by atoms with Crippen LogP contribution >= 0.6 is 67.8 Å². The molecule has 2 atom stereocenters. The molecule has 1 aromatic carbocycles. The van der Waals surface area contributed by atoms with E-state index in [0.717, 1.165) is 20.0 Å². The molecule has 0 fully saturated rings. The largest absolute Gasteiger partial charge is 0.506 e. The van der Waals surface area contributed by atoms with Crippen LogP contribution in [0.25, 0.3) is 0 Å². The average Bonchev–Trinajstić information content (AvgIpc) is 2.36. The Morgan fingerprint density at radius 3 is 2.63 bits per heavy atom. The van der Waals surface area contributed by atoms with Crippen LogP contribution in [-0.2, 0) is 0 Å². The van der Waals surface area contributed by atoms with Crippen LogP contribution in [0.15, 0.2) is 17.1 Å². The Bertz CT molecular complexity index is 452. The fourth-order valence-electron chi connectivity index (χ4n) is 1.58. The standard InChI is InChI=1S/C13H16I3NO2/c1-2-3-10(15)12(7-18)17-6-8-4-9(14)5-11(16)13(8)19/h4-6,10,12,18-19H,2-3,7H2,1H3/t10?,12-/m0/s1. The van der Waals surface area contributed by atoms with E-state index in [0.29, 0.717) is 9.49 Å². The number of halogens is 3. The summed E-state index contributed by atoms with van der Waals surface area (Å²) < 4.78 is 2.18. The van der Waals surface area contributed by atoms with Crippen LogP contribution in [0.3, 0.4) is 0 Å². The Balaban J connectivity index is 2.90. The van der Waals surface area contributed by atoms with Crippen LogP contribution in [0, 0.1) is 7.14 Å². The number of rotatable bonds is 6. The summed E-state index contributed by atoms with van der Waals surface area (Å²) in [5, 5.41) is 19.4. The van der Waals surface area contributed by atoms with Crippen LogP contribution in [0.4, 0.5) is 0 Å². The highest BCUT2D eigenvalue weighted by Gasteiger charge is 2.15. The third-order valence-corrected chi connectivity index (χ3v) is 5.53. The van der Waals surface area contributed by atoms with E-state index in [1.165, 1.54) is 0 Å². The molecule has 0 amide bonds. The minimum Gasteiger partial charge on any atom is -0.506 e. The SMILES string of the molecule is CCCC(I)[C@H](CO)N=Cc1cc(I)cc(I)c1O. The molecule has 2 N–H and O–H groups in total. The lowest BCUT2D eigenvalue weighted by Crippen LogP contribution is -2.22. The molecule has 106 valence electrons. The van der Waals surface area contributed by atoms with Crippen molar-refractivity contribution in [1.82, 2.24) is 0 Å². The molecule has 1 unspecified atom stereocenters. The third-order valence-electron chi connectivity index (χ3n) is 2.63. The predicted octanol–water partition coefficient (Wildman–Crippen LogP) is 3.98. The highest BCUT2D eigenvalue weighted by Crippen LogP contribution is 2.26. The normalized spacial score (nSPS) is 14.8. The first kappa shape index (κ1) is 17.9. The van der Waals surface area contributed by atoms with Crippen LogP contribution < -0.4 is 0 Å². The molecular weight excluding hydrogens is 583 g/mol. The first-order chi connectivity index (χ1) is 8.99. The third kappa shape index (κ3) is 5.62. The van der Waals surface area contributed by atoms with Crippen LogP contribution in [0.1, 0.15) is 25.3 Å². The minimum absolute atomic E-state index is 0.0336. The lowest BCUT2D eigenvalue weighted by molar-refractivity contribution is 0.264. The number of aliphatic hydroxyl groups excluding tert-OH is 1. The van der Waals surface area contributed by atoms with Crippen LogP contribution in [0.5, 0.6) is 5.75 Å². The molecule has 0 bridgehead atoms. The molecule has 0 heterocycles. The molecule has 0 saturated heterocycles. The van der Waals surface area contributed by atoms with Crippen molar-refractivity contribution in [2.24, 2.45) is 4.99 Å². The van der Waals surface area contributed by atoms with Gasteiger partial charge in [-0.15, -0.1) is 0 Å². The van der Waals surface area contributed by atoms with E-state index in [-0.39, 0.29) is 18.4 Å². The summed E-state index contributed by atoms with van der Waals surface area (Å²) in [5.41, 5.74) is 0.704. The zero-order chi connectivity index (χ0) is 14.4. The molecular formula is C13H16I3NO2. The zero-order valence-electron chi connectivity index (χ0n) is 10.5. The molecule has 0 aromatic heterocycles. The Morgan fingerprint density at radius 2 is 2.05 bits per heavy atom. The first-order valence-electron chi connectivity index (χ1n) is 5.95. The van der Waals surface area contributed by atoms with Crippen LogP contribution in [0.2, 0.25) is 0 Å². The molecule has 0 spiro atoms. The van der Waals surface area contributed by atoms with Gasteiger partial charge < -0.3 is 10.2 Å². The Morgan fingerprint density at radius 1 is 1.37 bits per heavy atom. The molecule has 0 radical (unpaired) electrons. The first-order valence-corrected chi connectivity index (χ1v) is 9.36. The van der Waals surface area contributed by atoms with Gasteiger partial charge in [0.1, 0.15) is 5.75 Å². The molecule has 19 heavy (non-hydrogen) atoms. The van der Waals surface area contributed by atoms with Gasteiger partial charge in [-0.3, -0.25) is 4.99 Å². The van der Waals surface area contributed by atoms with Gasteiger partial charge in [0, 0.05) is 19.3 Å². The molecule has 0 aliphatic carbocycles. The number of hydrogen-bond donors (Lipinski definition) is 2. The summed E-state index contributed by atoms with van der Waals surface area (Å²) in [5.74, 6) is 0.252. The van der Waals surface area contributed by atoms with Crippen LogP contribution in [-0.4, -0.2) is 33.0 Å². The number of aromatic hydroxyl groups is 1. The van der Waals surface area contributed by atoms with Crippen molar-refractivity contribution >= 4 is 74.0 Å². The number of aliphatic imine (C=N–C) groups is 1. The van der Waals surface area contributed by atoms with Crippen molar-refractivity contribution in [3.8, 4) is 5.75 Å². The Labute approximate surface area is 154 Å². The Hall–Kier alpha value is 0.840. The lowest BCUT2D eigenvalue weighted by Gasteiger charge is -2.15. The maximum atomic E-state index is 9.98. The number of benzene rings is 1. The molecule has 1 rings (SSSR count). The average molecular weight is 599 g/mol. The summed E-state index contributed by atoms with van der Waals surface area (Å²) in [7, 11) is 0. The maximum Gasteiger partial charge on any atom is 0.137 e. The van der Waals surface area contributed by atoms with E-state index in [2.05, 4.69) is 79.7 Å². The second-order valence-electron chi connectivity index (χ2n) is 4.16. The number of phenols is 1. The second-order valence-corrected chi connectivity index (χ2v) is 8.17. The van der Waals surface area contributed by atoms with E-state index in [1.807, 2.05) is 12.1 Å². The smallest absolute Gasteiger partial charge is 0.137 e. The molecule has 3 nitrogen and oxygen atoms in total. The number of hydrogen-bond acceptors (Lipinski definition) is 3. The summed E-state index contributed by atoms with van der Waals surface area (Å²) in [4.78, 5) is 4.42. The second kappa shape index (κ2) is 8.98. The Kier molecular flexibility index (Phi) is 8.46. The summed E-state index contributed by atoms with van der Waals surface area (Å²) in [6.45, 7) is 2.16. The van der Waals surface area contributed by atoms with Gasteiger partial charge in [0.2, 0.25) is 0 Å². The van der Waals surface area contributed by atoms with Crippen molar-refractivity contribution in [2.75, 3.05) is 6.61 Å². The molecule has 0 aliphatic rings. The number of phenolic OH excluding ortho intramolecular Hbond substituents is 1. The summed E-state index contributed by atoms with van der Waals surface area (Å²) in [6, 6.07) is 3.68. The van der Waals surface area contributed by atoms with Crippen molar-refractivity contribution < 1.29 is 10.2 Å². The predicted molar refractivity (Wildman–Crippen MR) is 105 cm³/mol. The van der Waals surface area contributed by atoms with Gasteiger partial charge in [0.25, 0.3) is 0 Å².